The van der Waals surface area contributed by atoms with Crippen LogP contribution in [-0.4, -0.2) is 42.8 Å². The molecule has 4 nitrogen and oxygen atoms in total. The van der Waals surface area contributed by atoms with Crippen molar-refractivity contribution in [1.29, 1.82) is 0 Å². The first-order valence-electron chi connectivity index (χ1n) is 6.44. The average Bonchev–Trinajstić information content (AvgIpc) is 2.46. The Kier molecular flexibility index (Phi) is 4.80. The molecule has 1 rings (SSSR count). The maximum atomic E-state index is 11.6. The smallest absolute Gasteiger partial charge is 0.407 e. The lowest BCUT2D eigenvalue weighted by Crippen LogP contribution is -2.38. The summed E-state index contributed by atoms with van der Waals surface area (Å²) in [6, 6.07) is 0.182. The lowest BCUT2D eigenvalue weighted by molar-refractivity contribution is 0.0502. The first-order valence-corrected chi connectivity index (χ1v) is 6.44. The van der Waals surface area contributed by atoms with E-state index in [9.17, 15) is 4.79 Å². The van der Waals surface area contributed by atoms with E-state index < -0.39 is 5.60 Å². The largest absolute Gasteiger partial charge is 0.444 e. The summed E-state index contributed by atoms with van der Waals surface area (Å²) in [6.07, 6.45) is 1.96. The molecule has 1 saturated heterocycles. The third-order valence-electron chi connectivity index (χ3n) is 2.94. The minimum Gasteiger partial charge on any atom is -0.444 e. The average molecular weight is 242 g/mol. The number of hydrogen-bond donors (Lipinski definition) is 1. The molecule has 0 radical (unpaired) electrons. The van der Waals surface area contributed by atoms with E-state index in [1.54, 1.807) is 0 Å². The molecule has 0 aromatic carbocycles. The Hall–Kier alpha value is -0.770. The summed E-state index contributed by atoms with van der Waals surface area (Å²) in [4.78, 5) is 13.9. The van der Waals surface area contributed by atoms with Crippen LogP contribution in [-0.2, 0) is 4.74 Å². The first kappa shape index (κ1) is 14.3. The molecular weight excluding hydrogens is 216 g/mol. The molecule has 1 aliphatic heterocycles. The number of carbonyl (C=O) groups is 1. The predicted octanol–water partition coefficient (Wildman–Crippen LogP) is 2.24. The summed E-state index contributed by atoms with van der Waals surface area (Å²) in [5.74, 6) is 0.699. The Bertz CT molecular complexity index is 261. The zero-order valence-corrected chi connectivity index (χ0v) is 11.7. The molecule has 0 bridgehead atoms. The van der Waals surface area contributed by atoms with E-state index in [1.807, 2.05) is 27.7 Å². The highest BCUT2D eigenvalue weighted by Gasteiger charge is 2.23. The zero-order chi connectivity index (χ0) is 13.1. The van der Waals surface area contributed by atoms with Crippen LogP contribution in [0.5, 0.6) is 0 Å². The summed E-state index contributed by atoms with van der Waals surface area (Å²) in [7, 11) is 2.14. The van der Waals surface area contributed by atoms with Gasteiger partial charge in [-0.1, -0.05) is 0 Å². The molecule has 0 aromatic heterocycles. The Morgan fingerprint density at radius 3 is 2.65 bits per heavy atom. The lowest BCUT2D eigenvalue weighted by Gasteiger charge is -2.23. The van der Waals surface area contributed by atoms with Gasteiger partial charge in [-0.3, -0.25) is 0 Å². The van der Waals surface area contributed by atoms with E-state index in [0.29, 0.717) is 5.92 Å². The van der Waals surface area contributed by atoms with Gasteiger partial charge in [0.15, 0.2) is 0 Å². The molecular formula is C13H26N2O2. The standard InChI is InChI=1S/C13H26N2O2/c1-10(8-11-6-7-15(5)9-11)14-12(16)17-13(2,3)4/h10-11H,6-9H2,1-5H3,(H,14,16). The number of amides is 1. The van der Waals surface area contributed by atoms with Crippen molar-refractivity contribution >= 4 is 6.09 Å². The van der Waals surface area contributed by atoms with Crippen LogP contribution in [0.1, 0.15) is 40.5 Å². The summed E-state index contributed by atoms with van der Waals surface area (Å²) in [6.45, 7) is 9.99. The second kappa shape index (κ2) is 5.71. The van der Waals surface area contributed by atoms with Gasteiger partial charge in [-0.25, -0.2) is 4.79 Å². The van der Waals surface area contributed by atoms with Crippen LogP contribution in [0.2, 0.25) is 0 Å². The van der Waals surface area contributed by atoms with E-state index in [-0.39, 0.29) is 12.1 Å². The van der Waals surface area contributed by atoms with Gasteiger partial charge >= 0.3 is 6.09 Å². The molecule has 0 aromatic rings. The Morgan fingerprint density at radius 2 is 2.18 bits per heavy atom. The summed E-state index contributed by atoms with van der Waals surface area (Å²) < 4.78 is 5.23. The number of ether oxygens (including phenoxy) is 1. The van der Waals surface area contributed by atoms with Crippen LogP contribution in [0.3, 0.4) is 0 Å². The number of alkyl carbamates (subject to hydrolysis) is 1. The number of carbonyl (C=O) groups excluding carboxylic acids is 1. The molecule has 0 saturated carbocycles. The third kappa shape index (κ3) is 5.91. The number of nitrogens with one attached hydrogen (secondary N) is 1. The van der Waals surface area contributed by atoms with Gasteiger partial charge in [-0.2, -0.15) is 0 Å². The van der Waals surface area contributed by atoms with E-state index >= 15 is 0 Å². The predicted molar refractivity (Wildman–Crippen MR) is 69.1 cm³/mol. The molecule has 4 heteroatoms. The fourth-order valence-electron chi connectivity index (χ4n) is 2.29. The van der Waals surface area contributed by atoms with Gasteiger partial charge < -0.3 is 15.0 Å². The van der Waals surface area contributed by atoms with Crippen molar-refractivity contribution < 1.29 is 9.53 Å². The van der Waals surface area contributed by atoms with Crippen LogP contribution in [0.15, 0.2) is 0 Å². The first-order chi connectivity index (χ1) is 7.76. The van der Waals surface area contributed by atoms with Crippen molar-refractivity contribution in [2.75, 3.05) is 20.1 Å². The van der Waals surface area contributed by atoms with E-state index in [1.165, 1.54) is 13.0 Å². The van der Waals surface area contributed by atoms with Crippen molar-refractivity contribution in [3.8, 4) is 0 Å². The van der Waals surface area contributed by atoms with E-state index in [0.717, 1.165) is 13.0 Å². The van der Waals surface area contributed by atoms with Crippen molar-refractivity contribution in [1.82, 2.24) is 10.2 Å². The molecule has 100 valence electrons. The SMILES string of the molecule is CC(CC1CCN(C)C1)NC(=O)OC(C)(C)C. The highest BCUT2D eigenvalue weighted by Crippen LogP contribution is 2.19. The maximum Gasteiger partial charge on any atom is 0.407 e. The molecule has 1 heterocycles. The molecule has 2 atom stereocenters. The van der Waals surface area contributed by atoms with Gasteiger partial charge in [0.2, 0.25) is 0 Å². The van der Waals surface area contributed by atoms with E-state index in [2.05, 4.69) is 17.3 Å². The fourth-order valence-corrected chi connectivity index (χ4v) is 2.29. The molecule has 17 heavy (non-hydrogen) atoms. The van der Waals surface area contributed by atoms with Crippen molar-refractivity contribution in [3.63, 3.8) is 0 Å². The van der Waals surface area contributed by atoms with Gasteiger partial charge in [0, 0.05) is 12.6 Å². The molecule has 0 spiro atoms. The number of rotatable bonds is 3. The lowest BCUT2D eigenvalue weighted by atomic mass is 10.0. The van der Waals surface area contributed by atoms with Crippen LogP contribution in [0.4, 0.5) is 4.79 Å². The van der Waals surface area contributed by atoms with Crippen molar-refractivity contribution in [2.45, 2.75) is 52.2 Å². The van der Waals surface area contributed by atoms with Crippen LogP contribution >= 0.6 is 0 Å². The Morgan fingerprint density at radius 1 is 1.53 bits per heavy atom. The third-order valence-corrected chi connectivity index (χ3v) is 2.94. The Labute approximate surface area is 105 Å². The number of likely N-dealkylation sites (tertiary alicyclic amines) is 1. The molecule has 1 N–H and O–H groups in total. The quantitative estimate of drug-likeness (QED) is 0.825. The minimum absolute atomic E-state index is 0.182. The molecule has 2 unspecified atom stereocenters. The molecule has 1 aliphatic rings. The zero-order valence-electron chi connectivity index (χ0n) is 11.7. The normalized spacial score (nSPS) is 23.5. The second-order valence-electron chi connectivity index (χ2n) is 6.20. The van der Waals surface area contributed by atoms with Crippen molar-refractivity contribution in [2.24, 2.45) is 5.92 Å². The minimum atomic E-state index is -0.419. The fraction of sp³-hybridized carbons (Fsp3) is 0.923. The monoisotopic (exact) mass is 242 g/mol. The second-order valence-corrected chi connectivity index (χ2v) is 6.20. The number of hydrogen-bond acceptors (Lipinski definition) is 3. The van der Waals surface area contributed by atoms with Gasteiger partial charge in [0.25, 0.3) is 0 Å². The molecule has 1 fully saturated rings. The topological polar surface area (TPSA) is 41.6 Å². The maximum absolute atomic E-state index is 11.6. The Balaban J connectivity index is 2.25. The van der Waals surface area contributed by atoms with Crippen LogP contribution in [0, 0.1) is 5.92 Å². The van der Waals surface area contributed by atoms with Gasteiger partial charge in [-0.05, 0) is 60.0 Å². The summed E-state index contributed by atoms with van der Waals surface area (Å²) >= 11 is 0. The highest BCUT2D eigenvalue weighted by molar-refractivity contribution is 5.67. The van der Waals surface area contributed by atoms with Crippen LogP contribution in [0.25, 0.3) is 0 Å². The highest BCUT2D eigenvalue weighted by atomic mass is 16.6. The van der Waals surface area contributed by atoms with Crippen molar-refractivity contribution in [3.05, 3.63) is 0 Å². The summed E-state index contributed by atoms with van der Waals surface area (Å²) in [5.41, 5.74) is -0.419. The van der Waals surface area contributed by atoms with Crippen LogP contribution < -0.4 is 5.32 Å². The van der Waals surface area contributed by atoms with E-state index in [4.69, 9.17) is 4.74 Å². The molecule has 1 amide bonds. The summed E-state index contributed by atoms with van der Waals surface area (Å²) in [5, 5.41) is 2.90. The number of nitrogens with zero attached hydrogens (tertiary/aromatic N) is 1. The van der Waals surface area contributed by atoms with Gasteiger partial charge in [0.05, 0.1) is 0 Å². The van der Waals surface area contributed by atoms with Gasteiger partial charge in [-0.15, -0.1) is 0 Å². The molecule has 0 aliphatic carbocycles. The van der Waals surface area contributed by atoms with Gasteiger partial charge in [0.1, 0.15) is 5.60 Å².